The number of nitrogens with zero attached hydrogens (tertiary/aromatic N) is 3. The molecule has 124 valence electrons. The molecule has 1 amide bonds. The summed E-state index contributed by atoms with van der Waals surface area (Å²) < 4.78 is 0. The zero-order valence-corrected chi connectivity index (χ0v) is 13.1. The Bertz CT molecular complexity index is 710. The Morgan fingerprint density at radius 1 is 1.17 bits per heavy atom. The van der Waals surface area contributed by atoms with E-state index in [2.05, 4.69) is 15.2 Å². The van der Waals surface area contributed by atoms with E-state index in [-0.39, 0.29) is 17.6 Å². The molecule has 2 aromatic rings. The number of nitro groups is 1. The largest absolute Gasteiger partial charge is 0.356 e. The summed E-state index contributed by atoms with van der Waals surface area (Å²) in [5.74, 6) is 0.677. The summed E-state index contributed by atoms with van der Waals surface area (Å²) in [6.07, 6.45) is 2.91. The molecule has 1 aliphatic heterocycles. The average molecular weight is 326 g/mol. The number of hydrogen-bond acceptors (Lipinski definition) is 5. The Kier molecular flexibility index (Phi) is 4.69. The van der Waals surface area contributed by atoms with Crippen molar-refractivity contribution in [1.82, 2.24) is 10.3 Å². The van der Waals surface area contributed by atoms with Crippen molar-refractivity contribution in [2.45, 2.75) is 18.9 Å². The number of amides is 1. The molecule has 0 bridgehead atoms. The van der Waals surface area contributed by atoms with Crippen LogP contribution in [-0.2, 0) is 0 Å². The second kappa shape index (κ2) is 7.08. The van der Waals surface area contributed by atoms with Gasteiger partial charge >= 0.3 is 0 Å². The fourth-order valence-electron chi connectivity index (χ4n) is 2.78. The van der Waals surface area contributed by atoms with Crippen LogP contribution in [0, 0.1) is 10.1 Å². The topological polar surface area (TPSA) is 88.4 Å². The standard InChI is InChI=1S/C17H18N4O3/c22-17(13-4-2-1-3-5-13)19-14-8-10-20(11-9-14)16-7-6-15(12-18-16)21(23)24/h1-7,12,14H,8-11H2,(H,19,22). The van der Waals surface area contributed by atoms with Crippen LogP contribution in [0.2, 0.25) is 0 Å². The van der Waals surface area contributed by atoms with Gasteiger partial charge in [0.2, 0.25) is 0 Å². The third-order valence-electron chi connectivity index (χ3n) is 4.13. The molecule has 3 rings (SSSR count). The molecule has 1 saturated heterocycles. The molecule has 0 saturated carbocycles. The molecule has 0 spiro atoms. The van der Waals surface area contributed by atoms with Crippen LogP contribution in [0.25, 0.3) is 0 Å². The average Bonchev–Trinajstić information content (AvgIpc) is 2.63. The highest BCUT2D eigenvalue weighted by atomic mass is 16.6. The Labute approximate surface area is 139 Å². The van der Waals surface area contributed by atoms with Gasteiger partial charge in [-0.3, -0.25) is 14.9 Å². The van der Waals surface area contributed by atoms with E-state index >= 15 is 0 Å². The minimum absolute atomic E-state index is 0.0104. The van der Waals surface area contributed by atoms with Crippen molar-refractivity contribution >= 4 is 17.4 Å². The Morgan fingerprint density at radius 3 is 2.46 bits per heavy atom. The highest BCUT2D eigenvalue weighted by molar-refractivity contribution is 5.94. The molecule has 2 heterocycles. The van der Waals surface area contributed by atoms with Gasteiger partial charge < -0.3 is 10.2 Å². The minimum Gasteiger partial charge on any atom is -0.356 e. The van der Waals surface area contributed by atoms with Crippen LogP contribution in [0.3, 0.4) is 0 Å². The van der Waals surface area contributed by atoms with Gasteiger partial charge in [-0.25, -0.2) is 4.98 Å². The molecule has 7 nitrogen and oxygen atoms in total. The van der Waals surface area contributed by atoms with Gasteiger partial charge in [-0.1, -0.05) is 18.2 Å². The summed E-state index contributed by atoms with van der Waals surface area (Å²) in [5, 5.41) is 13.7. The van der Waals surface area contributed by atoms with Crippen molar-refractivity contribution < 1.29 is 9.72 Å². The first-order valence-corrected chi connectivity index (χ1v) is 7.85. The van der Waals surface area contributed by atoms with Gasteiger partial charge in [-0.2, -0.15) is 0 Å². The maximum atomic E-state index is 12.2. The van der Waals surface area contributed by atoms with E-state index in [9.17, 15) is 14.9 Å². The second-order valence-corrected chi connectivity index (χ2v) is 5.73. The SMILES string of the molecule is O=C(NC1CCN(c2ccc([N+](=O)[O-])cn2)CC1)c1ccccc1. The predicted molar refractivity (Wildman–Crippen MR) is 90.0 cm³/mol. The van der Waals surface area contributed by atoms with Crippen molar-refractivity contribution in [3.05, 3.63) is 64.3 Å². The Hall–Kier alpha value is -2.96. The fraction of sp³-hybridized carbons (Fsp3) is 0.294. The molecule has 1 fully saturated rings. The number of carbonyl (C=O) groups is 1. The van der Waals surface area contributed by atoms with Gasteiger partial charge in [-0.15, -0.1) is 0 Å². The molecule has 1 aliphatic rings. The molecule has 0 unspecified atom stereocenters. The number of piperidine rings is 1. The zero-order valence-electron chi connectivity index (χ0n) is 13.1. The van der Waals surface area contributed by atoms with Gasteiger partial charge in [-0.05, 0) is 31.0 Å². The van der Waals surface area contributed by atoms with E-state index in [0.29, 0.717) is 5.56 Å². The Balaban J connectivity index is 1.54. The number of carbonyl (C=O) groups excluding carboxylic acids is 1. The number of anilines is 1. The maximum absolute atomic E-state index is 12.2. The van der Waals surface area contributed by atoms with Crippen LogP contribution >= 0.6 is 0 Å². The first kappa shape index (κ1) is 15.9. The van der Waals surface area contributed by atoms with Crippen LogP contribution in [0.1, 0.15) is 23.2 Å². The number of rotatable bonds is 4. The first-order chi connectivity index (χ1) is 11.6. The molecule has 1 aromatic carbocycles. The van der Waals surface area contributed by atoms with Crippen LogP contribution < -0.4 is 10.2 Å². The first-order valence-electron chi connectivity index (χ1n) is 7.85. The number of pyridine rings is 1. The highest BCUT2D eigenvalue weighted by Gasteiger charge is 2.22. The number of aromatic nitrogens is 1. The lowest BCUT2D eigenvalue weighted by atomic mass is 10.0. The van der Waals surface area contributed by atoms with E-state index in [1.165, 1.54) is 12.3 Å². The van der Waals surface area contributed by atoms with Crippen molar-refractivity contribution in [3.8, 4) is 0 Å². The van der Waals surface area contributed by atoms with E-state index in [0.717, 1.165) is 31.7 Å². The summed E-state index contributed by atoms with van der Waals surface area (Å²) in [5.41, 5.74) is 0.653. The number of benzene rings is 1. The molecule has 1 N–H and O–H groups in total. The van der Waals surface area contributed by atoms with Crippen molar-refractivity contribution in [2.75, 3.05) is 18.0 Å². The third-order valence-corrected chi connectivity index (χ3v) is 4.13. The normalized spacial score (nSPS) is 15.1. The van der Waals surface area contributed by atoms with Crippen LogP contribution in [0.5, 0.6) is 0 Å². The minimum atomic E-state index is -0.456. The summed E-state index contributed by atoms with van der Waals surface area (Å²) in [7, 11) is 0. The summed E-state index contributed by atoms with van der Waals surface area (Å²) in [6, 6.07) is 12.4. The van der Waals surface area contributed by atoms with Crippen LogP contribution in [0.15, 0.2) is 48.7 Å². The van der Waals surface area contributed by atoms with Crippen LogP contribution in [0.4, 0.5) is 11.5 Å². The van der Waals surface area contributed by atoms with Crippen molar-refractivity contribution in [1.29, 1.82) is 0 Å². The number of nitrogens with one attached hydrogen (secondary N) is 1. The van der Waals surface area contributed by atoms with Crippen LogP contribution in [-0.4, -0.2) is 34.9 Å². The maximum Gasteiger partial charge on any atom is 0.287 e. The molecule has 24 heavy (non-hydrogen) atoms. The lowest BCUT2D eigenvalue weighted by Crippen LogP contribution is -2.44. The van der Waals surface area contributed by atoms with Gasteiger partial charge in [0.1, 0.15) is 12.0 Å². The summed E-state index contributed by atoms with van der Waals surface area (Å²) in [4.78, 5) is 28.6. The van der Waals surface area contributed by atoms with E-state index in [1.54, 1.807) is 18.2 Å². The van der Waals surface area contributed by atoms with Gasteiger partial charge in [0, 0.05) is 30.8 Å². The van der Waals surface area contributed by atoms with E-state index < -0.39 is 4.92 Å². The molecular weight excluding hydrogens is 308 g/mol. The molecule has 0 atom stereocenters. The smallest absolute Gasteiger partial charge is 0.287 e. The van der Waals surface area contributed by atoms with Gasteiger partial charge in [0.05, 0.1) is 4.92 Å². The summed E-state index contributed by atoms with van der Waals surface area (Å²) in [6.45, 7) is 1.51. The summed E-state index contributed by atoms with van der Waals surface area (Å²) >= 11 is 0. The molecule has 7 heteroatoms. The Morgan fingerprint density at radius 2 is 1.88 bits per heavy atom. The van der Waals surface area contributed by atoms with Crippen molar-refractivity contribution in [3.63, 3.8) is 0 Å². The lowest BCUT2D eigenvalue weighted by Gasteiger charge is -2.33. The van der Waals surface area contributed by atoms with E-state index in [4.69, 9.17) is 0 Å². The molecule has 0 aliphatic carbocycles. The molecule has 1 aromatic heterocycles. The molecular formula is C17H18N4O3. The third kappa shape index (κ3) is 3.68. The number of hydrogen-bond donors (Lipinski definition) is 1. The van der Waals surface area contributed by atoms with Gasteiger partial charge in [0.15, 0.2) is 0 Å². The molecule has 0 radical (unpaired) electrons. The lowest BCUT2D eigenvalue weighted by molar-refractivity contribution is -0.385. The predicted octanol–water partition coefficient (Wildman–Crippen LogP) is 2.39. The van der Waals surface area contributed by atoms with Gasteiger partial charge in [0.25, 0.3) is 11.6 Å². The fourth-order valence-corrected chi connectivity index (χ4v) is 2.78. The highest BCUT2D eigenvalue weighted by Crippen LogP contribution is 2.20. The van der Waals surface area contributed by atoms with E-state index in [1.807, 2.05) is 18.2 Å². The monoisotopic (exact) mass is 326 g/mol. The zero-order chi connectivity index (χ0) is 16.9. The van der Waals surface area contributed by atoms with Crippen molar-refractivity contribution in [2.24, 2.45) is 0 Å². The quantitative estimate of drug-likeness (QED) is 0.688. The second-order valence-electron chi connectivity index (χ2n) is 5.73.